The number of rotatable bonds is 15. The number of nitrogens with one attached hydrogen (secondary N) is 1. The van der Waals surface area contributed by atoms with Crippen LogP contribution in [-0.4, -0.2) is 60.4 Å². The molecule has 0 saturated heterocycles. The van der Waals surface area contributed by atoms with Crippen LogP contribution >= 0.6 is 0 Å². The molecule has 0 aromatic heterocycles. The number of esters is 2. The summed E-state index contributed by atoms with van der Waals surface area (Å²) >= 11 is 0. The summed E-state index contributed by atoms with van der Waals surface area (Å²) in [7, 11) is 0. The average molecular weight is 380 g/mol. The van der Waals surface area contributed by atoms with Gasteiger partial charge in [-0.05, 0) is 24.7 Å². The van der Waals surface area contributed by atoms with Crippen molar-refractivity contribution in [3.05, 3.63) is 0 Å². The van der Waals surface area contributed by atoms with Crippen molar-refractivity contribution in [3.63, 3.8) is 0 Å². The van der Waals surface area contributed by atoms with E-state index in [9.17, 15) is 9.59 Å². The molecule has 0 aromatic rings. The zero-order chi connectivity index (χ0) is 19.1. The van der Waals surface area contributed by atoms with E-state index in [0.29, 0.717) is 25.0 Å². The van der Waals surface area contributed by atoms with Crippen LogP contribution in [0.5, 0.6) is 0 Å². The van der Waals surface area contributed by atoms with Gasteiger partial charge in [0.2, 0.25) is 0 Å². The van der Waals surface area contributed by atoms with Crippen LogP contribution in [0.25, 0.3) is 0 Å². The number of ether oxygens (including phenoxy) is 2. The molecule has 0 aliphatic carbocycles. The molecule has 0 heterocycles. The minimum absolute atomic E-state index is 0. The third-order valence-corrected chi connectivity index (χ3v) is 3.92. The normalized spacial score (nSPS) is 10.5. The van der Waals surface area contributed by atoms with Crippen molar-refractivity contribution in [1.82, 2.24) is 0 Å². The molecule has 0 unspecified atom stereocenters. The average Bonchev–Trinajstić information content (AvgIpc) is 2.53. The van der Waals surface area contributed by atoms with Crippen molar-refractivity contribution in [2.24, 2.45) is 11.8 Å². The van der Waals surface area contributed by atoms with Crippen molar-refractivity contribution in [1.29, 1.82) is 5.41 Å². The second-order valence-corrected chi connectivity index (χ2v) is 7.50. The van der Waals surface area contributed by atoms with Crippen molar-refractivity contribution < 1.29 is 19.1 Å². The molecule has 1 N–H and O–H groups in total. The van der Waals surface area contributed by atoms with Crippen molar-refractivity contribution in [2.45, 2.75) is 85.5 Å². The third-order valence-electron chi connectivity index (χ3n) is 3.92. The van der Waals surface area contributed by atoms with E-state index in [4.69, 9.17) is 14.9 Å². The Hall–Kier alpha value is -0.390. The van der Waals surface area contributed by atoms with Crippen molar-refractivity contribution in [2.75, 3.05) is 13.2 Å². The Balaban J connectivity index is 0. The molecule has 0 aromatic carbocycles. The van der Waals surface area contributed by atoms with Crippen LogP contribution in [0.2, 0.25) is 0 Å². The summed E-state index contributed by atoms with van der Waals surface area (Å²) in [6, 6.07) is 0. The van der Waals surface area contributed by atoms with Gasteiger partial charge in [-0.2, -0.15) is 0 Å². The van der Waals surface area contributed by atoms with Gasteiger partial charge >= 0.3 is 41.5 Å². The van der Waals surface area contributed by atoms with Crippen LogP contribution in [0.1, 0.15) is 85.5 Å². The summed E-state index contributed by atoms with van der Waals surface area (Å²) in [5.74, 6) is 0.154. The zero-order valence-corrected chi connectivity index (χ0v) is 16.6. The van der Waals surface area contributed by atoms with Crippen LogP contribution in [0, 0.1) is 17.2 Å². The molecule has 0 aliphatic rings. The number of hydrogen-bond donors (Lipinski definition) is 1. The maximum atomic E-state index is 11.6. The first-order valence-corrected chi connectivity index (χ1v) is 9.73. The van der Waals surface area contributed by atoms with Gasteiger partial charge in [-0.3, -0.25) is 10.2 Å². The molecule has 0 radical (unpaired) electrons. The van der Waals surface area contributed by atoms with E-state index in [-0.39, 0.29) is 41.7 Å². The van der Waals surface area contributed by atoms with Gasteiger partial charge in [-0.1, -0.05) is 66.2 Å². The quantitative estimate of drug-likeness (QED) is 0.200. The fourth-order valence-electron chi connectivity index (χ4n) is 2.37. The van der Waals surface area contributed by atoms with Crippen LogP contribution in [0.4, 0.5) is 0 Å². The van der Waals surface area contributed by atoms with Crippen molar-refractivity contribution in [3.8, 4) is 0 Å². The summed E-state index contributed by atoms with van der Waals surface area (Å²) in [6.45, 7) is 9.42. The second-order valence-electron chi connectivity index (χ2n) is 7.50. The number of unbranched alkanes of at least 4 members (excludes halogenated alkanes) is 4. The Morgan fingerprint density at radius 2 is 1.23 bits per heavy atom. The van der Waals surface area contributed by atoms with E-state index in [1.54, 1.807) is 0 Å². The SMILES string of the molecule is CC(C)CCCCCOC(=O)CC(=N)C(=O)OCCCCCC(C)C.[NaH]. The monoisotopic (exact) mass is 379 g/mol. The van der Waals surface area contributed by atoms with Crippen LogP contribution in [0.15, 0.2) is 0 Å². The van der Waals surface area contributed by atoms with Gasteiger partial charge in [-0.25, -0.2) is 4.79 Å². The van der Waals surface area contributed by atoms with Gasteiger partial charge < -0.3 is 9.47 Å². The Kier molecular flexibility index (Phi) is 19.3. The van der Waals surface area contributed by atoms with E-state index in [2.05, 4.69) is 27.7 Å². The molecular weight excluding hydrogens is 341 g/mol. The summed E-state index contributed by atoms with van der Waals surface area (Å²) in [4.78, 5) is 23.3. The standard InChI is InChI=1S/C20H37NO4.Na.H/c1-16(2)11-7-5-9-13-24-19(22)15-18(21)20(23)25-14-10-6-8-12-17(3)4;;/h16-17,21H,5-15H2,1-4H3;;. The van der Waals surface area contributed by atoms with Gasteiger partial charge in [0.25, 0.3) is 0 Å². The molecule has 5 nitrogen and oxygen atoms in total. The molecule has 0 rings (SSSR count). The van der Waals surface area contributed by atoms with Gasteiger partial charge in [0.15, 0.2) is 0 Å². The van der Waals surface area contributed by atoms with Crippen LogP contribution < -0.4 is 0 Å². The number of carbonyl (C=O) groups is 2. The fourth-order valence-corrected chi connectivity index (χ4v) is 2.37. The maximum absolute atomic E-state index is 11.6. The first-order chi connectivity index (χ1) is 11.8. The zero-order valence-electron chi connectivity index (χ0n) is 16.6. The van der Waals surface area contributed by atoms with Crippen molar-refractivity contribution >= 4 is 47.2 Å². The van der Waals surface area contributed by atoms with Gasteiger partial charge in [0.1, 0.15) is 5.71 Å². The summed E-state index contributed by atoms with van der Waals surface area (Å²) in [6.07, 6.45) is 7.97. The molecule has 0 amide bonds. The van der Waals surface area contributed by atoms with Gasteiger partial charge in [0, 0.05) is 0 Å². The molecular formula is C20H38NNaO4. The number of carbonyl (C=O) groups excluding carboxylic acids is 2. The molecule has 0 atom stereocenters. The molecule has 26 heavy (non-hydrogen) atoms. The first kappa shape index (κ1) is 27.8. The Bertz CT molecular complexity index is 397. The van der Waals surface area contributed by atoms with Crippen LogP contribution in [-0.2, 0) is 19.1 Å². The Labute approximate surface area is 181 Å². The van der Waals surface area contributed by atoms with Gasteiger partial charge in [-0.15, -0.1) is 0 Å². The fraction of sp³-hybridized carbons (Fsp3) is 0.850. The summed E-state index contributed by atoms with van der Waals surface area (Å²) in [5.41, 5.74) is -0.327. The molecule has 0 fully saturated rings. The summed E-state index contributed by atoms with van der Waals surface area (Å²) in [5, 5.41) is 7.62. The molecule has 6 heteroatoms. The van der Waals surface area contributed by atoms with E-state index >= 15 is 0 Å². The molecule has 148 valence electrons. The molecule has 0 saturated carbocycles. The predicted octanol–water partition coefficient (Wildman–Crippen LogP) is 4.27. The number of hydrogen-bond acceptors (Lipinski definition) is 5. The Morgan fingerprint density at radius 1 is 0.769 bits per heavy atom. The van der Waals surface area contributed by atoms with E-state index in [1.807, 2.05) is 0 Å². The van der Waals surface area contributed by atoms with E-state index < -0.39 is 11.9 Å². The third kappa shape index (κ3) is 18.4. The van der Waals surface area contributed by atoms with E-state index in [0.717, 1.165) is 38.5 Å². The predicted molar refractivity (Wildman–Crippen MR) is 108 cm³/mol. The molecule has 0 spiro atoms. The van der Waals surface area contributed by atoms with Crippen LogP contribution in [0.3, 0.4) is 0 Å². The molecule has 0 aliphatic heterocycles. The van der Waals surface area contributed by atoms with E-state index in [1.165, 1.54) is 12.8 Å². The summed E-state index contributed by atoms with van der Waals surface area (Å²) < 4.78 is 10.1. The van der Waals surface area contributed by atoms with Gasteiger partial charge in [0.05, 0.1) is 19.6 Å². The second kappa shape index (κ2) is 18.0. The first-order valence-electron chi connectivity index (χ1n) is 9.73. The minimum atomic E-state index is -0.710. The molecule has 0 bridgehead atoms. The topological polar surface area (TPSA) is 76.5 Å². The Morgan fingerprint density at radius 3 is 1.69 bits per heavy atom.